The van der Waals surface area contributed by atoms with Crippen LogP contribution >= 0.6 is 0 Å². The maximum atomic E-state index is 11.2. The topological polar surface area (TPSA) is 60.2 Å². The maximum Gasteiger partial charge on any atom is 0.150 e. The average molecular weight is 207 g/mol. The van der Waals surface area contributed by atoms with E-state index in [0.29, 0.717) is 12.3 Å². The molecule has 0 bridgehead atoms. The molecule has 0 saturated heterocycles. The van der Waals surface area contributed by atoms with Crippen molar-refractivity contribution in [3.05, 3.63) is 0 Å². The van der Waals surface area contributed by atoms with Crippen LogP contribution in [0.15, 0.2) is 0 Å². The summed E-state index contributed by atoms with van der Waals surface area (Å²) in [6.07, 6.45) is 1.60. The molecule has 2 unspecified atom stereocenters. The standard InChI is InChI=1S/C9H21NO2S/c1-4-9(10)8(3)6-7-13(11,12)5-2/h8-9H,4-7,10H2,1-3H3. The molecule has 80 valence electrons. The van der Waals surface area contributed by atoms with E-state index in [1.54, 1.807) is 6.92 Å². The van der Waals surface area contributed by atoms with Gasteiger partial charge in [-0.05, 0) is 18.8 Å². The van der Waals surface area contributed by atoms with Crippen LogP contribution in [0.3, 0.4) is 0 Å². The highest BCUT2D eigenvalue weighted by Gasteiger charge is 2.14. The van der Waals surface area contributed by atoms with Gasteiger partial charge in [0, 0.05) is 11.8 Å². The van der Waals surface area contributed by atoms with E-state index in [0.717, 1.165) is 6.42 Å². The molecule has 0 aromatic carbocycles. The van der Waals surface area contributed by atoms with Gasteiger partial charge in [0.15, 0.2) is 0 Å². The number of hydrogen-bond donors (Lipinski definition) is 1. The molecular formula is C9H21NO2S. The number of sulfone groups is 1. The Morgan fingerprint density at radius 3 is 2.23 bits per heavy atom. The van der Waals surface area contributed by atoms with E-state index in [1.807, 2.05) is 13.8 Å². The predicted octanol–water partition coefficient (Wildman–Crippen LogP) is 1.18. The number of rotatable bonds is 6. The third-order valence-corrected chi connectivity index (χ3v) is 4.26. The Morgan fingerprint density at radius 2 is 1.85 bits per heavy atom. The average Bonchev–Trinajstić information content (AvgIpc) is 2.13. The first kappa shape index (κ1) is 12.9. The fraction of sp³-hybridized carbons (Fsp3) is 1.00. The van der Waals surface area contributed by atoms with Gasteiger partial charge in [-0.2, -0.15) is 0 Å². The molecule has 3 nitrogen and oxygen atoms in total. The molecule has 0 aliphatic carbocycles. The summed E-state index contributed by atoms with van der Waals surface area (Å²) in [6, 6.07) is 0.132. The SMILES string of the molecule is CCC(N)C(C)CCS(=O)(=O)CC. The van der Waals surface area contributed by atoms with E-state index in [-0.39, 0.29) is 17.5 Å². The smallest absolute Gasteiger partial charge is 0.150 e. The zero-order chi connectivity index (χ0) is 10.5. The zero-order valence-electron chi connectivity index (χ0n) is 8.79. The first-order valence-electron chi connectivity index (χ1n) is 4.89. The third kappa shape index (κ3) is 5.26. The van der Waals surface area contributed by atoms with Crippen molar-refractivity contribution in [3.8, 4) is 0 Å². The Balaban J connectivity index is 3.90. The summed E-state index contributed by atoms with van der Waals surface area (Å²) >= 11 is 0. The van der Waals surface area contributed by atoms with Crippen molar-refractivity contribution < 1.29 is 8.42 Å². The van der Waals surface area contributed by atoms with Crippen LogP contribution in [0.1, 0.15) is 33.6 Å². The molecule has 2 N–H and O–H groups in total. The Kier molecular flexibility index (Phi) is 5.56. The summed E-state index contributed by atoms with van der Waals surface area (Å²) < 4.78 is 22.3. The fourth-order valence-electron chi connectivity index (χ4n) is 1.13. The van der Waals surface area contributed by atoms with E-state index < -0.39 is 9.84 Å². The maximum absolute atomic E-state index is 11.2. The van der Waals surface area contributed by atoms with Crippen LogP contribution in [-0.2, 0) is 9.84 Å². The number of hydrogen-bond acceptors (Lipinski definition) is 3. The normalized spacial score (nSPS) is 16.9. The second-order valence-electron chi connectivity index (χ2n) is 3.57. The van der Waals surface area contributed by atoms with Gasteiger partial charge >= 0.3 is 0 Å². The molecule has 0 amide bonds. The molecule has 0 heterocycles. The molecule has 0 spiro atoms. The van der Waals surface area contributed by atoms with Crippen LogP contribution < -0.4 is 5.73 Å². The molecule has 0 aliphatic heterocycles. The second-order valence-corrected chi connectivity index (χ2v) is 6.05. The lowest BCUT2D eigenvalue weighted by molar-refractivity contribution is 0.431. The van der Waals surface area contributed by atoms with Crippen molar-refractivity contribution >= 4 is 9.84 Å². The molecule has 0 fully saturated rings. The molecular weight excluding hydrogens is 186 g/mol. The van der Waals surface area contributed by atoms with Gasteiger partial charge in [-0.3, -0.25) is 0 Å². The van der Waals surface area contributed by atoms with Crippen LogP contribution in [0.2, 0.25) is 0 Å². The minimum atomic E-state index is -2.81. The Hall–Kier alpha value is -0.0900. The molecule has 13 heavy (non-hydrogen) atoms. The monoisotopic (exact) mass is 207 g/mol. The molecule has 2 atom stereocenters. The molecule has 0 saturated carbocycles. The van der Waals surface area contributed by atoms with Crippen LogP contribution in [0.25, 0.3) is 0 Å². The van der Waals surface area contributed by atoms with E-state index in [2.05, 4.69) is 0 Å². The predicted molar refractivity (Wildman–Crippen MR) is 56.4 cm³/mol. The third-order valence-electron chi connectivity index (χ3n) is 2.53. The van der Waals surface area contributed by atoms with Crippen LogP contribution in [0, 0.1) is 5.92 Å². The van der Waals surface area contributed by atoms with Gasteiger partial charge in [0.05, 0.1) is 5.75 Å². The largest absolute Gasteiger partial charge is 0.327 e. The Labute approximate surface area is 81.6 Å². The first-order chi connectivity index (χ1) is 5.93. The van der Waals surface area contributed by atoms with Gasteiger partial charge in [0.1, 0.15) is 9.84 Å². The molecule has 0 rings (SSSR count). The van der Waals surface area contributed by atoms with Crippen molar-refractivity contribution in [1.29, 1.82) is 0 Å². The van der Waals surface area contributed by atoms with E-state index in [1.165, 1.54) is 0 Å². The summed E-state index contributed by atoms with van der Waals surface area (Å²) in [7, 11) is -2.81. The van der Waals surface area contributed by atoms with Crippen molar-refractivity contribution in [2.45, 2.75) is 39.7 Å². The Bertz CT molecular complexity index is 224. The summed E-state index contributed by atoms with van der Waals surface area (Å²) in [5.41, 5.74) is 5.79. The van der Waals surface area contributed by atoms with Crippen molar-refractivity contribution in [1.82, 2.24) is 0 Å². The lowest BCUT2D eigenvalue weighted by atomic mass is 9.98. The highest BCUT2D eigenvalue weighted by atomic mass is 32.2. The fourth-order valence-corrected chi connectivity index (χ4v) is 2.15. The van der Waals surface area contributed by atoms with Gasteiger partial charge in [0.25, 0.3) is 0 Å². The van der Waals surface area contributed by atoms with E-state index >= 15 is 0 Å². The minimum absolute atomic E-state index is 0.132. The number of nitrogens with two attached hydrogens (primary N) is 1. The van der Waals surface area contributed by atoms with Crippen LogP contribution in [-0.4, -0.2) is 26.0 Å². The quantitative estimate of drug-likeness (QED) is 0.711. The lowest BCUT2D eigenvalue weighted by Crippen LogP contribution is -2.28. The van der Waals surface area contributed by atoms with Crippen LogP contribution in [0.4, 0.5) is 0 Å². The summed E-state index contributed by atoms with van der Waals surface area (Å²) in [5, 5.41) is 0. The lowest BCUT2D eigenvalue weighted by Gasteiger charge is -2.17. The van der Waals surface area contributed by atoms with E-state index in [4.69, 9.17) is 5.73 Å². The van der Waals surface area contributed by atoms with Gasteiger partial charge in [0.2, 0.25) is 0 Å². The molecule has 0 aliphatic rings. The zero-order valence-corrected chi connectivity index (χ0v) is 9.60. The first-order valence-corrected chi connectivity index (χ1v) is 6.71. The molecule has 0 radical (unpaired) electrons. The molecule has 0 aromatic rings. The van der Waals surface area contributed by atoms with Crippen LogP contribution in [0.5, 0.6) is 0 Å². The van der Waals surface area contributed by atoms with Gasteiger partial charge in [-0.25, -0.2) is 8.42 Å². The van der Waals surface area contributed by atoms with E-state index in [9.17, 15) is 8.42 Å². The van der Waals surface area contributed by atoms with Crippen molar-refractivity contribution in [2.75, 3.05) is 11.5 Å². The van der Waals surface area contributed by atoms with Gasteiger partial charge in [-0.15, -0.1) is 0 Å². The van der Waals surface area contributed by atoms with Crippen molar-refractivity contribution in [3.63, 3.8) is 0 Å². The highest BCUT2D eigenvalue weighted by molar-refractivity contribution is 7.91. The molecule has 0 aromatic heterocycles. The Morgan fingerprint density at radius 1 is 1.31 bits per heavy atom. The summed E-state index contributed by atoms with van der Waals surface area (Å²) in [6.45, 7) is 5.72. The second kappa shape index (κ2) is 5.60. The summed E-state index contributed by atoms with van der Waals surface area (Å²) in [5.74, 6) is 0.811. The van der Waals surface area contributed by atoms with Gasteiger partial charge < -0.3 is 5.73 Å². The van der Waals surface area contributed by atoms with Crippen molar-refractivity contribution in [2.24, 2.45) is 11.7 Å². The highest BCUT2D eigenvalue weighted by Crippen LogP contribution is 2.10. The summed E-state index contributed by atoms with van der Waals surface area (Å²) in [4.78, 5) is 0. The molecule has 4 heteroatoms. The van der Waals surface area contributed by atoms with Gasteiger partial charge in [-0.1, -0.05) is 20.8 Å². The minimum Gasteiger partial charge on any atom is -0.327 e.